The van der Waals surface area contributed by atoms with Crippen LogP contribution in [-0.4, -0.2) is 31.7 Å². The molecule has 1 N–H and O–H groups in total. The molecule has 100 valence electrons. The van der Waals surface area contributed by atoms with Crippen LogP contribution in [0.2, 0.25) is 5.15 Å². The molecular weight excluding hydrogens is 270 g/mol. The van der Waals surface area contributed by atoms with E-state index in [1.54, 1.807) is 0 Å². The van der Waals surface area contributed by atoms with E-state index in [-0.39, 0.29) is 0 Å². The Balaban J connectivity index is 2.13. The SMILES string of the molecule is CCc1nc(Cl)c(C)c(NC2CCS(=O)CC2)n1. The molecule has 2 rings (SSSR count). The lowest BCUT2D eigenvalue weighted by atomic mass is 10.1. The molecule has 1 aromatic rings. The Bertz CT molecular complexity index is 457. The fourth-order valence-corrected chi connectivity index (χ4v) is 3.45. The lowest BCUT2D eigenvalue weighted by Crippen LogP contribution is -2.30. The van der Waals surface area contributed by atoms with Crippen LogP contribution in [0, 0.1) is 6.92 Å². The van der Waals surface area contributed by atoms with Crippen molar-refractivity contribution in [3.63, 3.8) is 0 Å². The van der Waals surface area contributed by atoms with Gasteiger partial charge in [-0.1, -0.05) is 18.5 Å². The van der Waals surface area contributed by atoms with Crippen molar-refractivity contribution < 1.29 is 4.21 Å². The van der Waals surface area contributed by atoms with E-state index in [1.807, 2.05) is 13.8 Å². The highest BCUT2D eigenvalue weighted by atomic mass is 35.5. The van der Waals surface area contributed by atoms with Gasteiger partial charge in [0.25, 0.3) is 0 Å². The van der Waals surface area contributed by atoms with Crippen LogP contribution in [-0.2, 0) is 17.2 Å². The minimum absolute atomic E-state index is 0.345. The molecule has 1 fully saturated rings. The Labute approximate surface area is 115 Å². The van der Waals surface area contributed by atoms with Crippen molar-refractivity contribution in [1.82, 2.24) is 9.97 Å². The number of hydrogen-bond donors (Lipinski definition) is 1. The number of rotatable bonds is 3. The summed E-state index contributed by atoms with van der Waals surface area (Å²) in [7, 11) is -0.633. The van der Waals surface area contributed by atoms with Gasteiger partial charge in [-0.3, -0.25) is 4.21 Å². The van der Waals surface area contributed by atoms with Gasteiger partial charge in [-0.05, 0) is 19.8 Å². The predicted molar refractivity (Wildman–Crippen MR) is 75.7 cm³/mol. The molecule has 0 radical (unpaired) electrons. The van der Waals surface area contributed by atoms with Crippen LogP contribution >= 0.6 is 11.6 Å². The van der Waals surface area contributed by atoms with Crippen LogP contribution in [0.25, 0.3) is 0 Å². The van der Waals surface area contributed by atoms with Gasteiger partial charge in [0.2, 0.25) is 0 Å². The smallest absolute Gasteiger partial charge is 0.137 e. The molecule has 6 heteroatoms. The van der Waals surface area contributed by atoms with Crippen molar-refractivity contribution in [1.29, 1.82) is 0 Å². The van der Waals surface area contributed by atoms with Crippen molar-refractivity contribution >= 4 is 28.2 Å². The van der Waals surface area contributed by atoms with Crippen molar-refractivity contribution in [3.05, 3.63) is 16.5 Å². The van der Waals surface area contributed by atoms with Crippen LogP contribution in [0.4, 0.5) is 5.82 Å². The number of nitrogens with one attached hydrogen (secondary N) is 1. The molecule has 1 saturated heterocycles. The lowest BCUT2D eigenvalue weighted by Gasteiger charge is -2.24. The van der Waals surface area contributed by atoms with E-state index >= 15 is 0 Å². The molecule has 1 aromatic heterocycles. The van der Waals surface area contributed by atoms with Crippen molar-refractivity contribution in [2.45, 2.75) is 39.2 Å². The van der Waals surface area contributed by atoms with E-state index < -0.39 is 10.8 Å². The summed E-state index contributed by atoms with van der Waals surface area (Å²) in [6.45, 7) is 3.93. The highest BCUT2D eigenvalue weighted by molar-refractivity contribution is 7.85. The summed E-state index contributed by atoms with van der Waals surface area (Å²) in [4.78, 5) is 8.70. The van der Waals surface area contributed by atoms with Crippen LogP contribution in [0.1, 0.15) is 31.2 Å². The summed E-state index contributed by atoms with van der Waals surface area (Å²) in [6, 6.07) is 0.345. The van der Waals surface area contributed by atoms with Gasteiger partial charge >= 0.3 is 0 Å². The average Bonchev–Trinajstić information content (AvgIpc) is 2.37. The van der Waals surface area contributed by atoms with Crippen molar-refractivity contribution in [2.24, 2.45) is 0 Å². The topological polar surface area (TPSA) is 54.9 Å². The van der Waals surface area contributed by atoms with Gasteiger partial charge < -0.3 is 5.32 Å². The standard InChI is InChI=1S/C12H18ClN3OS/c1-3-10-15-11(13)8(2)12(16-10)14-9-4-6-18(17)7-5-9/h9H,3-7H2,1-2H3,(H,14,15,16). The Morgan fingerprint density at radius 3 is 2.67 bits per heavy atom. The van der Waals surface area contributed by atoms with Gasteiger partial charge in [0.15, 0.2) is 0 Å². The maximum Gasteiger partial charge on any atom is 0.137 e. The van der Waals surface area contributed by atoms with E-state index in [0.29, 0.717) is 11.2 Å². The zero-order valence-electron chi connectivity index (χ0n) is 10.7. The average molecular weight is 288 g/mol. The number of halogens is 1. The third kappa shape index (κ3) is 3.20. The van der Waals surface area contributed by atoms with Gasteiger partial charge in [-0.15, -0.1) is 0 Å². The summed E-state index contributed by atoms with van der Waals surface area (Å²) in [5.41, 5.74) is 0.889. The molecule has 18 heavy (non-hydrogen) atoms. The highest BCUT2D eigenvalue weighted by Gasteiger charge is 2.19. The fourth-order valence-electron chi connectivity index (χ4n) is 1.96. The highest BCUT2D eigenvalue weighted by Crippen LogP contribution is 2.23. The minimum atomic E-state index is -0.633. The molecule has 2 heterocycles. The summed E-state index contributed by atoms with van der Waals surface area (Å²) < 4.78 is 11.3. The summed E-state index contributed by atoms with van der Waals surface area (Å²) in [6.07, 6.45) is 2.62. The Kier molecular flexibility index (Phi) is 4.56. The molecule has 0 amide bonds. The molecule has 0 saturated carbocycles. The Morgan fingerprint density at radius 2 is 2.06 bits per heavy atom. The van der Waals surface area contributed by atoms with Gasteiger partial charge in [-0.25, -0.2) is 9.97 Å². The quantitative estimate of drug-likeness (QED) is 0.867. The largest absolute Gasteiger partial charge is 0.367 e. The third-order valence-electron chi connectivity index (χ3n) is 3.18. The van der Waals surface area contributed by atoms with Crippen LogP contribution < -0.4 is 5.32 Å². The second-order valence-electron chi connectivity index (χ2n) is 4.52. The monoisotopic (exact) mass is 287 g/mol. The first kappa shape index (κ1) is 13.7. The van der Waals surface area contributed by atoms with E-state index in [0.717, 1.165) is 48.0 Å². The van der Waals surface area contributed by atoms with Crippen LogP contribution in [0.15, 0.2) is 0 Å². The number of aromatic nitrogens is 2. The molecular formula is C12H18ClN3OS. The molecule has 1 aliphatic heterocycles. The first-order valence-electron chi connectivity index (χ1n) is 6.24. The Hall–Kier alpha value is -0.680. The second kappa shape index (κ2) is 5.97. The van der Waals surface area contributed by atoms with Crippen LogP contribution in [0.3, 0.4) is 0 Å². The molecule has 0 aromatic carbocycles. The molecule has 0 bridgehead atoms. The third-order valence-corrected chi connectivity index (χ3v) is 4.93. The number of aryl methyl sites for hydroxylation is 1. The molecule has 0 spiro atoms. The van der Waals surface area contributed by atoms with Gasteiger partial charge in [0.1, 0.15) is 16.8 Å². The second-order valence-corrected chi connectivity index (χ2v) is 6.58. The first-order chi connectivity index (χ1) is 8.60. The summed E-state index contributed by atoms with van der Waals surface area (Å²) >= 11 is 6.10. The first-order valence-corrected chi connectivity index (χ1v) is 8.11. The molecule has 0 atom stereocenters. The Morgan fingerprint density at radius 1 is 1.39 bits per heavy atom. The normalized spacial score (nSPS) is 23.9. The lowest BCUT2D eigenvalue weighted by molar-refractivity contribution is 0.621. The molecule has 0 aliphatic carbocycles. The maximum atomic E-state index is 11.3. The summed E-state index contributed by atoms with van der Waals surface area (Å²) in [5.74, 6) is 3.13. The fraction of sp³-hybridized carbons (Fsp3) is 0.667. The molecule has 1 aliphatic rings. The minimum Gasteiger partial charge on any atom is -0.367 e. The van der Waals surface area contributed by atoms with E-state index in [1.165, 1.54) is 0 Å². The maximum absolute atomic E-state index is 11.3. The van der Waals surface area contributed by atoms with Gasteiger partial charge in [-0.2, -0.15) is 0 Å². The summed E-state index contributed by atoms with van der Waals surface area (Å²) in [5, 5.41) is 3.93. The number of hydrogen-bond acceptors (Lipinski definition) is 4. The zero-order chi connectivity index (χ0) is 13.1. The van der Waals surface area contributed by atoms with E-state index in [9.17, 15) is 4.21 Å². The van der Waals surface area contributed by atoms with Crippen molar-refractivity contribution in [3.8, 4) is 0 Å². The zero-order valence-corrected chi connectivity index (χ0v) is 12.3. The number of anilines is 1. The van der Waals surface area contributed by atoms with E-state index in [4.69, 9.17) is 11.6 Å². The van der Waals surface area contributed by atoms with Gasteiger partial charge in [0.05, 0.1) is 0 Å². The van der Waals surface area contributed by atoms with Crippen molar-refractivity contribution in [2.75, 3.05) is 16.8 Å². The predicted octanol–water partition coefficient (Wildman–Crippen LogP) is 2.32. The molecule has 4 nitrogen and oxygen atoms in total. The van der Waals surface area contributed by atoms with Gasteiger partial charge in [0, 0.05) is 40.3 Å². The number of nitrogens with zero attached hydrogens (tertiary/aromatic N) is 2. The van der Waals surface area contributed by atoms with E-state index in [2.05, 4.69) is 15.3 Å². The van der Waals surface area contributed by atoms with Crippen LogP contribution in [0.5, 0.6) is 0 Å². The molecule has 0 unspecified atom stereocenters.